The SMILES string of the molecule is CC(C)CCNC(=O)c1ccoc1I. The van der Waals surface area contributed by atoms with Crippen LogP contribution in [-0.4, -0.2) is 12.5 Å². The third-order valence-corrected chi connectivity index (χ3v) is 2.71. The highest BCUT2D eigenvalue weighted by Crippen LogP contribution is 2.12. The molecule has 1 heterocycles. The van der Waals surface area contributed by atoms with Crippen LogP contribution in [0.3, 0.4) is 0 Å². The summed E-state index contributed by atoms with van der Waals surface area (Å²) >= 11 is 2.01. The van der Waals surface area contributed by atoms with Crippen molar-refractivity contribution in [2.24, 2.45) is 5.92 Å². The van der Waals surface area contributed by atoms with Crippen LogP contribution in [0.4, 0.5) is 0 Å². The fourth-order valence-electron chi connectivity index (χ4n) is 1.03. The molecule has 3 nitrogen and oxygen atoms in total. The van der Waals surface area contributed by atoms with Crippen LogP contribution < -0.4 is 5.32 Å². The second-order valence-electron chi connectivity index (χ2n) is 3.55. The molecule has 0 saturated carbocycles. The van der Waals surface area contributed by atoms with Gasteiger partial charge in [0.15, 0.2) is 3.77 Å². The Morgan fingerprint density at radius 2 is 2.36 bits per heavy atom. The van der Waals surface area contributed by atoms with Gasteiger partial charge < -0.3 is 9.73 Å². The topological polar surface area (TPSA) is 42.2 Å². The summed E-state index contributed by atoms with van der Waals surface area (Å²) in [5, 5.41) is 2.85. The lowest BCUT2D eigenvalue weighted by molar-refractivity contribution is 0.0950. The van der Waals surface area contributed by atoms with E-state index in [2.05, 4.69) is 19.2 Å². The maximum Gasteiger partial charge on any atom is 0.255 e. The van der Waals surface area contributed by atoms with Gasteiger partial charge in [0.25, 0.3) is 5.91 Å². The quantitative estimate of drug-likeness (QED) is 0.869. The average molecular weight is 307 g/mol. The summed E-state index contributed by atoms with van der Waals surface area (Å²) < 4.78 is 5.68. The molecule has 0 saturated heterocycles. The Bertz CT molecular complexity index is 307. The Morgan fingerprint density at radius 1 is 1.64 bits per heavy atom. The molecule has 0 aliphatic carbocycles. The van der Waals surface area contributed by atoms with Gasteiger partial charge in [0, 0.05) is 29.1 Å². The molecule has 0 radical (unpaired) electrons. The number of rotatable bonds is 4. The molecule has 4 heteroatoms. The molecule has 1 aromatic heterocycles. The van der Waals surface area contributed by atoms with Crippen LogP contribution in [0.5, 0.6) is 0 Å². The number of hydrogen-bond donors (Lipinski definition) is 1. The third kappa shape index (κ3) is 3.32. The largest absolute Gasteiger partial charge is 0.458 e. The molecule has 14 heavy (non-hydrogen) atoms. The number of carbonyl (C=O) groups excluding carboxylic acids is 1. The highest BCUT2D eigenvalue weighted by molar-refractivity contribution is 14.1. The number of nitrogens with one attached hydrogen (secondary N) is 1. The van der Waals surface area contributed by atoms with Crippen molar-refractivity contribution in [1.29, 1.82) is 0 Å². The zero-order valence-electron chi connectivity index (χ0n) is 8.34. The first kappa shape index (κ1) is 11.6. The Balaban J connectivity index is 2.40. The maximum atomic E-state index is 11.5. The monoisotopic (exact) mass is 307 g/mol. The van der Waals surface area contributed by atoms with Gasteiger partial charge >= 0.3 is 0 Å². The van der Waals surface area contributed by atoms with E-state index in [1.165, 1.54) is 6.26 Å². The molecule has 1 rings (SSSR count). The van der Waals surface area contributed by atoms with Gasteiger partial charge in [-0.05, 0) is 18.4 Å². The van der Waals surface area contributed by atoms with Crippen molar-refractivity contribution in [2.75, 3.05) is 6.54 Å². The van der Waals surface area contributed by atoms with Crippen LogP contribution in [-0.2, 0) is 0 Å². The lowest BCUT2D eigenvalue weighted by Gasteiger charge is -2.05. The van der Waals surface area contributed by atoms with Gasteiger partial charge in [0.05, 0.1) is 11.8 Å². The van der Waals surface area contributed by atoms with Crippen molar-refractivity contribution in [1.82, 2.24) is 5.32 Å². The van der Waals surface area contributed by atoms with Crippen molar-refractivity contribution >= 4 is 28.5 Å². The van der Waals surface area contributed by atoms with Gasteiger partial charge in [0.2, 0.25) is 0 Å². The summed E-state index contributed by atoms with van der Waals surface area (Å²) in [4.78, 5) is 11.5. The molecule has 1 aromatic rings. The summed E-state index contributed by atoms with van der Waals surface area (Å²) in [7, 11) is 0. The first-order chi connectivity index (χ1) is 6.61. The van der Waals surface area contributed by atoms with Gasteiger partial charge in [-0.25, -0.2) is 0 Å². The molecule has 0 aliphatic heterocycles. The number of hydrogen-bond acceptors (Lipinski definition) is 2. The van der Waals surface area contributed by atoms with Crippen molar-refractivity contribution in [2.45, 2.75) is 20.3 Å². The highest BCUT2D eigenvalue weighted by Gasteiger charge is 2.11. The minimum absolute atomic E-state index is 0.0520. The zero-order valence-corrected chi connectivity index (χ0v) is 10.5. The molecule has 1 N–H and O–H groups in total. The molecule has 0 bridgehead atoms. The number of amides is 1. The minimum atomic E-state index is -0.0520. The van der Waals surface area contributed by atoms with Crippen LogP contribution in [0, 0.1) is 9.68 Å². The first-order valence-electron chi connectivity index (χ1n) is 4.62. The Kier molecular flexibility index (Phi) is 4.44. The average Bonchev–Trinajstić information content (AvgIpc) is 2.50. The zero-order chi connectivity index (χ0) is 10.6. The fraction of sp³-hybridized carbons (Fsp3) is 0.500. The van der Waals surface area contributed by atoms with E-state index < -0.39 is 0 Å². The maximum absolute atomic E-state index is 11.5. The molecule has 0 unspecified atom stereocenters. The van der Waals surface area contributed by atoms with E-state index in [1.807, 2.05) is 22.6 Å². The molecular weight excluding hydrogens is 293 g/mol. The molecular formula is C10H14INO2. The Labute approximate surface area is 97.4 Å². The van der Waals surface area contributed by atoms with Gasteiger partial charge in [-0.15, -0.1) is 0 Å². The summed E-state index contributed by atoms with van der Waals surface area (Å²) in [5.41, 5.74) is 0.620. The van der Waals surface area contributed by atoms with E-state index in [1.54, 1.807) is 6.07 Å². The van der Waals surface area contributed by atoms with Crippen LogP contribution in [0.15, 0.2) is 16.7 Å². The molecule has 0 spiro atoms. The second-order valence-corrected chi connectivity index (χ2v) is 4.53. The molecule has 0 aromatic carbocycles. The number of carbonyl (C=O) groups is 1. The van der Waals surface area contributed by atoms with E-state index in [4.69, 9.17) is 4.42 Å². The van der Waals surface area contributed by atoms with E-state index in [9.17, 15) is 4.79 Å². The van der Waals surface area contributed by atoms with Crippen molar-refractivity contribution in [3.05, 3.63) is 21.7 Å². The van der Waals surface area contributed by atoms with Crippen molar-refractivity contribution < 1.29 is 9.21 Å². The highest BCUT2D eigenvalue weighted by atomic mass is 127. The van der Waals surface area contributed by atoms with E-state index in [0.29, 0.717) is 15.2 Å². The standard InChI is InChI=1S/C10H14INO2/c1-7(2)3-5-12-10(13)8-4-6-14-9(8)11/h4,6-7H,3,5H2,1-2H3,(H,12,13). The normalized spacial score (nSPS) is 10.6. The number of halogens is 1. The summed E-state index contributed by atoms with van der Waals surface area (Å²) in [6.07, 6.45) is 2.53. The predicted molar refractivity (Wildman–Crippen MR) is 63.2 cm³/mol. The third-order valence-electron chi connectivity index (χ3n) is 1.87. The van der Waals surface area contributed by atoms with Crippen LogP contribution >= 0.6 is 22.6 Å². The fourth-order valence-corrected chi connectivity index (χ4v) is 1.60. The van der Waals surface area contributed by atoms with Gasteiger partial charge in [-0.3, -0.25) is 4.79 Å². The predicted octanol–water partition coefficient (Wildman–Crippen LogP) is 2.66. The molecule has 1 amide bonds. The van der Waals surface area contributed by atoms with Gasteiger partial charge in [0.1, 0.15) is 0 Å². The second kappa shape index (κ2) is 5.38. The Morgan fingerprint density at radius 3 is 2.86 bits per heavy atom. The Hall–Kier alpha value is -0.520. The summed E-state index contributed by atoms with van der Waals surface area (Å²) in [5.74, 6) is 0.558. The lowest BCUT2D eigenvalue weighted by Crippen LogP contribution is -2.25. The summed E-state index contributed by atoms with van der Waals surface area (Å²) in [6.45, 7) is 4.99. The van der Waals surface area contributed by atoms with Crippen LogP contribution in [0.25, 0.3) is 0 Å². The van der Waals surface area contributed by atoms with Crippen LogP contribution in [0.2, 0.25) is 0 Å². The van der Waals surface area contributed by atoms with E-state index in [0.717, 1.165) is 13.0 Å². The molecule has 0 aliphatic rings. The van der Waals surface area contributed by atoms with Gasteiger partial charge in [-0.1, -0.05) is 13.8 Å². The molecule has 78 valence electrons. The molecule has 0 fully saturated rings. The van der Waals surface area contributed by atoms with E-state index in [-0.39, 0.29) is 5.91 Å². The van der Waals surface area contributed by atoms with Crippen LogP contribution in [0.1, 0.15) is 30.6 Å². The molecule has 0 atom stereocenters. The van der Waals surface area contributed by atoms with E-state index >= 15 is 0 Å². The number of furan rings is 1. The summed E-state index contributed by atoms with van der Waals surface area (Å²) in [6, 6.07) is 1.69. The van der Waals surface area contributed by atoms with Crippen molar-refractivity contribution in [3.8, 4) is 0 Å². The first-order valence-corrected chi connectivity index (χ1v) is 5.70. The lowest BCUT2D eigenvalue weighted by atomic mass is 10.1. The van der Waals surface area contributed by atoms with Crippen molar-refractivity contribution in [3.63, 3.8) is 0 Å². The smallest absolute Gasteiger partial charge is 0.255 e. The minimum Gasteiger partial charge on any atom is -0.458 e. The van der Waals surface area contributed by atoms with Gasteiger partial charge in [-0.2, -0.15) is 0 Å².